The van der Waals surface area contributed by atoms with Crippen LogP contribution in [0.2, 0.25) is 5.02 Å². The molecule has 0 atom stereocenters. The predicted molar refractivity (Wildman–Crippen MR) is 99.7 cm³/mol. The Labute approximate surface area is 151 Å². The summed E-state index contributed by atoms with van der Waals surface area (Å²) in [6, 6.07) is 7.49. The molecule has 0 saturated carbocycles. The van der Waals surface area contributed by atoms with Crippen LogP contribution in [-0.4, -0.2) is 15.0 Å². The number of nitrogens with two attached hydrogens (primary N) is 1. The molecule has 0 unspecified atom stereocenters. The molecule has 0 aliphatic carbocycles. The molecule has 0 radical (unpaired) electrons. The molecule has 3 N–H and O–H groups in total. The van der Waals surface area contributed by atoms with Gasteiger partial charge in [0.25, 0.3) is 0 Å². The molecule has 0 bridgehead atoms. The van der Waals surface area contributed by atoms with Gasteiger partial charge in [0.05, 0.1) is 0 Å². The average Bonchev–Trinajstić information content (AvgIpc) is 2.58. The van der Waals surface area contributed by atoms with Crippen LogP contribution < -0.4 is 15.8 Å². The van der Waals surface area contributed by atoms with Crippen LogP contribution in [0.3, 0.4) is 0 Å². The van der Waals surface area contributed by atoms with Gasteiger partial charge in [-0.1, -0.05) is 17.7 Å². The summed E-state index contributed by atoms with van der Waals surface area (Å²) in [5, 5.41) is 3.83. The van der Waals surface area contributed by atoms with Gasteiger partial charge < -0.3 is 15.8 Å². The van der Waals surface area contributed by atoms with Crippen LogP contribution in [0, 0.1) is 20.8 Å². The van der Waals surface area contributed by atoms with Crippen molar-refractivity contribution in [1.29, 1.82) is 0 Å². The van der Waals surface area contributed by atoms with Crippen LogP contribution >= 0.6 is 11.6 Å². The molecule has 25 heavy (non-hydrogen) atoms. The third kappa shape index (κ3) is 3.64. The Morgan fingerprint density at radius 1 is 1.00 bits per heavy atom. The van der Waals surface area contributed by atoms with Crippen LogP contribution in [-0.2, 0) is 0 Å². The number of anilines is 3. The molecule has 0 aliphatic rings. The Hall–Kier alpha value is -2.86. The van der Waals surface area contributed by atoms with Crippen molar-refractivity contribution in [2.45, 2.75) is 20.8 Å². The zero-order chi connectivity index (χ0) is 18.0. The molecular weight excluding hydrogens is 338 g/mol. The monoisotopic (exact) mass is 355 g/mol. The number of benzene rings is 1. The van der Waals surface area contributed by atoms with Crippen molar-refractivity contribution < 1.29 is 4.74 Å². The minimum absolute atomic E-state index is 0.271. The van der Waals surface area contributed by atoms with E-state index >= 15 is 0 Å². The number of rotatable bonds is 4. The topological polar surface area (TPSA) is 86.0 Å². The SMILES string of the molecule is Cc1cccnc1Nc1ncnc(Oc2cc(C)c(Cl)c(C)c2)c1N. The molecule has 0 amide bonds. The average molecular weight is 356 g/mol. The van der Waals surface area contributed by atoms with E-state index in [1.165, 1.54) is 6.33 Å². The predicted octanol–water partition coefficient (Wildman–Crippen LogP) is 4.57. The van der Waals surface area contributed by atoms with Crippen molar-refractivity contribution in [3.05, 3.63) is 58.5 Å². The van der Waals surface area contributed by atoms with E-state index in [1.54, 1.807) is 6.20 Å². The fraction of sp³-hybridized carbons (Fsp3) is 0.167. The lowest BCUT2D eigenvalue weighted by molar-refractivity contribution is 0.464. The van der Waals surface area contributed by atoms with E-state index in [9.17, 15) is 0 Å². The first-order valence-electron chi connectivity index (χ1n) is 7.69. The number of pyridine rings is 1. The zero-order valence-electron chi connectivity index (χ0n) is 14.2. The van der Waals surface area contributed by atoms with Crippen molar-refractivity contribution in [3.63, 3.8) is 0 Å². The van der Waals surface area contributed by atoms with Gasteiger partial charge in [-0.25, -0.2) is 9.97 Å². The Kier molecular flexibility index (Phi) is 4.72. The Morgan fingerprint density at radius 3 is 2.40 bits per heavy atom. The van der Waals surface area contributed by atoms with E-state index in [0.29, 0.717) is 23.1 Å². The highest BCUT2D eigenvalue weighted by Gasteiger charge is 2.13. The highest BCUT2D eigenvalue weighted by Crippen LogP contribution is 2.33. The van der Waals surface area contributed by atoms with E-state index in [0.717, 1.165) is 21.7 Å². The van der Waals surface area contributed by atoms with Crippen molar-refractivity contribution in [2.24, 2.45) is 0 Å². The Bertz CT molecular complexity index is 906. The molecule has 128 valence electrons. The lowest BCUT2D eigenvalue weighted by atomic mass is 10.1. The minimum Gasteiger partial charge on any atom is -0.437 e. The summed E-state index contributed by atoms with van der Waals surface area (Å²) in [5.74, 6) is 2.00. The molecule has 2 aromatic heterocycles. The highest BCUT2D eigenvalue weighted by molar-refractivity contribution is 6.32. The third-order valence-corrected chi connectivity index (χ3v) is 4.31. The van der Waals surface area contributed by atoms with Crippen LogP contribution in [0.5, 0.6) is 11.6 Å². The molecule has 0 saturated heterocycles. The van der Waals surface area contributed by atoms with Gasteiger partial charge in [0, 0.05) is 11.2 Å². The van der Waals surface area contributed by atoms with Crippen LogP contribution in [0.1, 0.15) is 16.7 Å². The number of ether oxygens (including phenoxy) is 1. The molecule has 1 aromatic carbocycles. The molecule has 0 fully saturated rings. The summed E-state index contributed by atoms with van der Waals surface area (Å²) >= 11 is 6.19. The highest BCUT2D eigenvalue weighted by atomic mass is 35.5. The van der Waals surface area contributed by atoms with E-state index in [2.05, 4.69) is 20.3 Å². The van der Waals surface area contributed by atoms with Crippen LogP contribution in [0.4, 0.5) is 17.3 Å². The van der Waals surface area contributed by atoms with E-state index < -0.39 is 0 Å². The maximum Gasteiger partial charge on any atom is 0.248 e. The molecule has 0 aliphatic heterocycles. The molecule has 7 heteroatoms. The fourth-order valence-corrected chi connectivity index (χ4v) is 2.47. The first kappa shape index (κ1) is 17.0. The lowest BCUT2D eigenvalue weighted by Gasteiger charge is -2.13. The quantitative estimate of drug-likeness (QED) is 0.713. The van der Waals surface area contributed by atoms with Crippen molar-refractivity contribution >= 4 is 28.9 Å². The number of aryl methyl sites for hydroxylation is 3. The molecular formula is C18H18ClN5O. The summed E-state index contributed by atoms with van der Waals surface area (Å²) in [6.07, 6.45) is 3.09. The minimum atomic E-state index is 0.271. The van der Waals surface area contributed by atoms with Gasteiger partial charge >= 0.3 is 0 Å². The van der Waals surface area contributed by atoms with Crippen molar-refractivity contribution in [1.82, 2.24) is 15.0 Å². The molecule has 0 spiro atoms. The zero-order valence-corrected chi connectivity index (χ0v) is 14.9. The lowest BCUT2D eigenvalue weighted by Crippen LogP contribution is -2.05. The first-order valence-corrected chi connectivity index (χ1v) is 8.07. The van der Waals surface area contributed by atoms with E-state index in [4.69, 9.17) is 22.1 Å². The number of halogens is 1. The molecule has 3 rings (SSSR count). The maximum atomic E-state index is 6.19. The number of nitrogens with zero attached hydrogens (tertiary/aromatic N) is 3. The fourth-order valence-electron chi connectivity index (χ4n) is 2.37. The summed E-state index contributed by atoms with van der Waals surface area (Å²) in [6.45, 7) is 5.79. The van der Waals surface area contributed by atoms with Gasteiger partial charge in [0.1, 0.15) is 23.6 Å². The van der Waals surface area contributed by atoms with Crippen LogP contribution in [0.15, 0.2) is 36.8 Å². The van der Waals surface area contributed by atoms with Gasteiger partial charge in [0.2, 0.25) is 5.88 Å². The van der Waals surface area contributed by atoms with E-state index in [-0.39, 0.29) is 5.88 Å². The summed E-state index contributed by atoms with van der Waals surface area (Å²) < 4.78 is 5.84. The van der Waals surface area contributed by atoms with Crippen molar-refractivity contribution in [2.75, 3.05) is 11.1 Å². The number of nitrogens with one attached hydrogen (secondary N) is 1. The number of hydrogen-bond acceptors (Lipinski definition) is 6. The second-order valence-electron chi connectivity index (χ2n) is 5.71. The van der Waals surface area contributed by atoms with Gasteiger partial charge in [0.15, 0.2) is 5.82 Å². The van der Waals surface area contributed by atoms with E-state index in [1.807, 2.05) is 45.0 Å². The Balaban J connectivity index is 1.90. The normalized spacial score (nSPS) is 10.6. The standard InChI is InChI=1S/C18H18ClN5O/c1-10-5-4-6-21-16(10)24-17-15(20)18(23-9-22-17)25-13-7-11(2)14(19)12(3)8-13/h4-9H,20H2,1-3H3,(H,21,22,23,24). The first-order chi connectivity index (χ1) is 12.0. The van der Waals surface area contributed by atoms with Crippen LogP contribution in [0.25, 0.3) is 0 Å². The summed E-state index contributed by atoms with van der Waals surface area (Å²) in [5.41, 5.74) is 9.30. The van der Waals surface area contributed by atoms with Gasteiger partial charge in [-0.05, 0) is 55.7 Å². The van der Waals surface area contributed by atoms with Gasteiger partial charge in [-0.2, -0.15) is 4.98 Å². The molecule has 3 aromatic rings. The third-order valence-electron chi connectivity index (χ3n) is 3.72. The number of nitrogen functional groups attached to an aromatic ring is 1. The molecule has 2 heterocycles. The smallest absolute Gasteiger partial charge is 0.248 e. The second-order valence-corrected chi connectivity index (χ2v) is 6.09. The maximum absolute atomic E-state index is 6.19. The van der Waals surface area contributed by atoms with Gasteiger partial charge in [-0.3, -0.25) is 0 Å². The van der Waals surface area contributed by atoms with Gasteiger partial charge in [-0.15, -0.1) is 0 Å². The largest absolute Gasteiger partial charge is 0.437 e. The number of hydrogen-bond donors (Lipinski definition) is 2. The van der Waals surface area contributed by atoms with Crippen molar-refractivity contribution in [3.8, 4) is 11.6 Å². The summed E-state index contributed by atoms with van der Waals surface area (Å²) in [4.78, 5) is 12.6. The summed E-state index contributed by atoms with van der Waals surface area (Å²) in [7, 11) is 0. The molecule has 6 nitrogen and oxygen atoms in total. The second kappa shape index (κ2) is 6.94. The number of aromatic nitrogens is 3. The Morgan fingerprint density at radius 2 is 1.72 bits per heavy atom.